The number of rotatable bonds is 4. The third-order valence-electron chi connectivity index (χ3n) is 1.87. The molecular formula is C9H12N4O. The lowest BCUT2D eigenvalue weighted by atomic mass is 10.4. The fourth-order valence-corrected chi connectivity index (χ4v) is 1.27. The molecule has 14 heavy (non-hydrogen) atoms. The van der Waals surface area contributed by atoms with Gasteiger partial charge in [0.2, 0.25) is 0 Å². The van der Waals surface area contributed by atoms with E-state index in [0.29, 0.717) is 6.54 Å². The van der Waals surface area contributed by atoms with Crippen LogP contribution in [0.15, 0.2) is 29.3 Å². The number of nitrogens with one attached hydrogen (secondary N) is 1. The Balaban J connectivity index is 2.03. The van der Waals surface area contributed by atoms with Gasteiger partial charge in [-0.25, -0.2) is 4.98 Å². The van der Waals surface area contributed by atoms with Crippen LogP contribution in [-0.4, -0.2) is 21.8 Å². The van der Waals surface area contributed by atoms with Gasteiger partial charge in [-0.05, 0) is 7.05 Å². The molecule has 0 aromatic carbocycles. The molecule has 2 heterocycles. The zero-order valence-electron chi connectivity index (χ0n) is 7.97. The summed E-state index contributed by atoms with van der Waals surface area (Å²) < 4.78 is 6.96. The predicted molar refractivity (Wildman–Crippen MR) is 50.6 cm³/mol. The van der Waals surface area contributed by atoms with Crippen molar-refractivity contribution in [3.05, 3.63) is 36.2 Å². The Morgan fingerprint density at radius 3 is 3.21 bits per heavy atom. The second-order valence-corrected chi connectivity index (χ2v) is 3.05. The predicted octanol–water partition coefficient (Wildman–Crippen LogP) is 0.639. The van der Waals surface area contributed by atoms with Gasteiger partial charge in [0.1, 0.15) is 0 Å². The lowest BCUT2D eigenvalue weighted by Crippen LogP contribution is -2.05. The normalized spacial score (nSPS) is 10.6. The van der Waals surface area contributed by atoms with Crippen LogP contribution in [0.1, 0.15) is 11.5 Å². The van der Waals surface area contributed by atoms with Crippen LogP contribution in [0.3, 0.4) is 0 Å². The Kier molecular flexibility index (Phi) is 2.60. The number of hydrogen-bond acceptors (Lipinski definition) is 4. The third-order valence-corrected chi connectivity index (χ3v) is 1.87. The van der Waals surface area contributed by atoms with Crippen LogP contribution in [0, 0.1) is 0 Å². The molecule has 0 aliphatic heterocycles. The minimum atomic E-state index is 0.677. The lowest BCUT2D eigenvalue weighted by molar-refractivity contribution is 0.376. The van der Waals surface area contributed by atoms with Crippen molar-refractivity contribution >= 4 is 0 Å². The first-order chi connectivity index (χ1) is 6.88. The van der Waals surface area contributed by atoms with Crippen LogP contribution >= 0.6 is 0 Å². The Morgan fingerprint density at radius 2 is 2.50 bits per heavy atom. The molecule has 0 radical (unpaired) electrons. The van der Waals surface area contributed by atoms with E-state index >= 15 is 0 Å². The van der Waals surface area contributed by atoms with E-state index in [2.05, 4.69) is 15.5 Å². The van der Waals surface area contributed by atoms with Crippen molar-refractivity contribution in [2.45, 2.75) is 13.1 Å². The maximum atomic E-state index is 4.99. The molecule has 2 aromatic rings. The van der Waals surface area contributed by atoms with Gasteiger partial charge in [-0.2, -0.15) is 0 Å². The second-order valence-electron chi connectivity index (χ2n) is 3.05. The SMILES string of the molecule is CNCc1cn(Cc2ccno2)cn1. The van der Waals surface area contributed by atoms with E-state index in [1.165, 1.54) is 0 Å². The van der Waals surface area contributed by atoms with E-state index in [1.54, 1.807) is 12.5 Å². The monoisotopic (exact) mass is 192 g/mol. The molecule has 0 spiro atoms. The molecule has 0 saturated heterocycles. The smallest absolute Gasteiger partial charge is 0.156 e. The van der Waals surface area contributed by atoms with E-state index in [-0.39, 0.29) is 0 Å². The quantitative estimate of drug-likeness (QED) is 0.772. The summed E-state index contributed by atoms with van der Waals surface area (Å²) in [6, 6.07) is 1.84. The van der Waals surface area contributed by atoms with E-state index in [1.807, 2.05) is 23.9 Å². The van der Waals surface area contributed by atoms with Crippen molar-refractivity contribution in [3.63, 3.8) is 0 Å². The van der Waals surface area contributed by atoms with Gasteiger partial charge in [0.05, 0.1) is 24.8 Å². The van der Waals surface area contributed by atoms with E-state index in [9.17, 15) is 0 Å². The van der Waals surface area contributed by atoms with E-state index in [0.717, 1.165) is 18.0 Å². The number of nitrogens with zero attached hydrogens (tertiary/aromatic N) is 3. The first-order valence-corrected chi connectivity index (χ1v) is 4.43. The van der Waals surface area contributed by atoms with Crippen LogP contribution in [0.25, 0.3) is 0 Å². The first kappa shape index (κ1) is 8.96. The molecule has 0 aliphatic rings. The fourth-order valence-electron chi connectivity index (χ4n) is 1.27. The van der Waals surface area contributed by atoms with Gasteiger partial charge in [0.15, 0.2) is 5.76 Å². The molecule has 0 atom stereocenters. The summed E-state index contributed by atoms with van der Waals surface area (Å²) in [6.07, 6.45) is 5.41. The highest BCUT2D eigenvalue weighted by molar-refractivity contribution is 5.00. The Bertz CT molecular complexity index is 379. The lowest BCUT2D eigenvalue weighted by Gasteiger charge is -1.95. The largest absolute Gasteiger partial charge is 0.359 e. The van der Waals surface area contributed by atoms with Crippen LogP contribution in [0.4, 0.5) is 0 Å². The number of imidazole rings is 1. The van der Waals surface area contributed by atoms with Gasteiger partial charge in [-0.1, -0.05) is 5.16 Å². The molecule has 0 bridgehead atoms. The summed E-state index contributed by atoms with van der Waals surface area (Å²) in [5.74, 6) is 0.832. The van der Waals surface area contributed by atoms with Crippen molar-refractivity contribution in [1.82, 2.24) is 20.0 Å². The maximum absolute atomic E-state index is 4.99. The summed E-state index contributed by atoms with van der Waals surface area (Å²) in [4.78, 5) is 4.22. The van der Waals surface area contributed by atoms with Crippen LogP contribution in [0.5, 0.6) is 0 Å². The first-order valence-electron chi connectivity index (χ1n) is 4.43. The van der Waals surface area contributed by atoms with Gasteiger partial charge < -0.3 is 14.4 Å². The van der Waals surface area contributed by atoms with Crippen molar-refractivity contribution in [1.29, 1.82) is 0 Å². The summed E-state index contributed by atoms with van der Waals surface area (Å²) in [6.45, 7) is 1.46. The molecule has 0 saturated carbocycles. The molecule has 0 unspecified atom stereocenters. The molecule has 2 rings (SSSR count). The standard InChI is InChI=1S/C9H12N4O/c1-10-4-8-5-13(7-11-8)6-9-2-3-12-14-9/h2-3,5,7,10H,4,6H2,1H3. The second kappa shape index (κ2) is 4.06. The Labute approximate surface area is 81.7 Å². The number of aromatic nitrogens is 3. The average Bonchev–Trinajstić information content (AvgIpc) is 2.79. The molecule has 74 valence electrons. The van der Waals surface area contributed by atoms with Gasteiger partial charge in [0, 0.05) is 18.8 Å². The van der Waals surface area contributed by atoms with Crippen LogP contribution < -0.4 is 5.32 Å². The van der Waals surface area contributed by atoms with Gasteiger partial charge in [-0.15, -0.1) is 0 Å². The molecule has 2 aromatic heterocycles. The summed E-state index contributed by atoms with van der Waals surface area (Å²) in [7, 11) is 1.90. The minimum absolute atomic E-state index is 0.677. The summed E-state index contributed by atoms with van der Waals surface area (Å²) in [5, 5.41) is 6.68. The zero-order chi connectivity index (χ0) is 9.80. The van der Waals surface area contributed by atoms with E-state index < -0.39 is 0 Å². The highest BCUT2D eigenvalue weighted by atomic mass is 16.5. The Hall–Kier alpha value is -1.62. The Morgan fingerprint density at radius 1 is 1.57 bits per heavy atom. The third kappa shape index (κ3) is 2.00. The van der Waals surface area contributed by atoms with Crippen LogP contribution in [0.2, 0.25) is 0 Å². The van der Waals surface area contributed by atoms with Crippen molar-refractivity contribution in [2.75, 3.05) is 7.05 Å². The average molecular weight is 192 g/mol. The zero-order valence-corrected chi connectivity index (χ0v) is 7.97. The minimum Gasteiger partial charge on any atom is -0.359 e. The highest BCUT2D eigenvalue weighted by Gasteiger charge is 2.00. The topological polar surface area (TPSA) is 55.9 Å². The molecule has 5 nitrogen and oxygen atoms in total. The van der Waals surface area contributed by atoms with E-state index in [4.69, 9.17) is 4.52 Å². The fraction of sp³-hybridized carbons (Fsp3) is 0.333. The molecule has 0 fully saturated rings. The van der Waals surface area contributed by atoms with Crippen LogP contribution in [-0.2, 0) is 13.1 Å². The summed E-state index contributed by atoms with van der Waals surface area (Å²) in [5.41, 5.74) is 1.02. The molecular weight excluding hydrogens is 180 g/mol. The van der Waals surface area contributed by atoms with Crippen molar-refractivity contribution in [3.8, 4) is 0 Å². The molecule has 0 aliphatic carbocycles. The highest BCUT2D eigenvalue weighted by Crippen LogP contribution is 2.02. The maximum Gasteiger partial charge on any atom is 0.156 e. The molecule has 0 amide bonds. The van der Waals surface area contributed by atoms with Gasteiger partial charge in [0.25, 0.3) is 0 Å². The van der Waals surface area contributed by atoms with Crippen molar-refractivity contribution < 1.29 is 4.52 Å². The number of hydrogen-bond donors (Lipinski definition) is 1. The molecule has 5 heteroatoms. The van der Waals surface area contributed by atoms with Gasteiger partial charge in [-0.3, -0.25) is 0 Å². The van der Waals surface area contributed by atoms with Gasteiger partial charge >= 0.3 is 0 Å². The summed E-state index contributed by atoms with van der Waals surface area (Å²) >= 11 is 0. The van der Waals surface area contributed by atoms with Crippen molar-refractivity contribution in [2.24, 2.45) is 0 Å². The molecule has 1 N–H and O–H groups in total.